The van der Waals surface area contributed by atoms with Crippen LogP contribution in [0.5, 0.6) is 11.5 Å². The van der Waals surface area contributed by atoms with E-state index in [1.807, 2.05) is 68.4 Å². The van der Waals surface area contributed by atoms with Crippen LogP contribution in [0.25, 0.3) is 38.7 Å². The van der Waals surface area contributed by atoms with Gasteiger partial charge in [0.2, 0.25) is 0 Å². The molecule has 2 heteroatoms. The number of phenolic OH excluding ortho intramolecular Hbond substituents is 2. The molecule has 0 unspecified atom stereocenters. The van der Waals surface area contributed by atoms with Crippen molar-refractivity contribution in [2.75, 3.05) is 0 Å². The standard InChI is InChI=1S/C24H20O2/c1-4-16-9-10-20-18(13-16)12-15(3)24(26)22(20)21-19-8-6-5-7-17(19)11-14(2)23(21)25/h4-13,25-26H,1H2,2-3H3. The van der Waals surface area contributed by atoms with Crippen molar-refractivity contribution in [2.45, 2.75) is 13.8 Å². The molecule has 0 spiro atoms. The van der Waals surface area contributed by atoms with Gasteiger partial charge in [-0.25, -0.2) is 0 Å². The van der Waals surface area contributed by atoms with E-state index in [1.165, 1.54) is 0 Å². The highest BCUT2D eigenvalue weighted by Crippen LogP contribution is 2.47. The predicted octanol–water partition coefficient (Wildman–Crippen LogP) is 6.33. The van der Waals surface area contributed by atoms with Gasteiger partial charge in [0.1, 0.15) is 11.5 Å². The molecular formula is C24H20O2. The van der Waals surface area contributed by atoms with Crippen molar-refractivity contribution < 1.29 is 10.2 Å². The Morgan fingerprint density at radius 2 is 1.31 bits per heavy atom. The molecule has 0 aliphatic carbocycles. The van der Waals surface area contributed by atoms with E-state index in [-0.39, 0.29) is 11.5 Å². The molecule has 0 bridgehead atoms. The van der Waals surface area contributed by atoms with E-state index in [0.29, 0.717) is 11.1 Å². The Morgan fingerprint density at radius 3 is 1.96 bits per heavy atom. The van der Waals surface area contributed by atoms with E-state index in [0.717, 1.165) is 38.2 Å². The summed E-state index contributed by atoms with van der Waals surface area (Å²) in [6, 6.07) is 17.9. The molecule has 4 aromatic rings. The van der Waals surface area contributed by atoms with Gasteiger partial charge < -0.3 is 10.2 Å². The quantitative estimate of drug-likeness (QED) is 0.447. The third kappa shape index (κ3) is 2.34. The summed E-state index contributed by atoms with van der Waals surface area (Å²) < 4.78 is 0. The van der Waals surface area contributed by atoms with Crippen LogP contribution >= 0.6 is 0 Å². The zero-order chi connectivity index (χ0) is 18.4. The molecule has 2 N–H and O–H groups in total. The van der Waals surface area contributed by atoms with Crippen LogP contribution in [-0.2, 0) is 0 Å². The highest BCUT2D eigenvalue weighted by atomic mass is 16.3. The van der Waals surface area contributed by atoms with E-state index in [4.69, 9.17) is 0 Å². The van der Waals surface area contributed by atoms with Crippen LogP contribution in [0.1, 0.15) is 16.7 Å². The Balaban J connectivity index is 2.23. The largest absolute Gasteiger partial charge is 0.507 e. The molecule has 4 aromatic carbocycles. The Hall–Kier alpha value is -3.26. The van der Waals surface area contributed by atoms with Crippen LogP contribution in [-0.4, -0.2) is 10.2 Å². The second-order valence-corrected chi connectivity index (χ2v) is 6.74. The topological polar surface area (TPSA) is 40.5 Å². The average molecular weight is 340 g/mol. The second kappa shape index (κ2) is 5.92. The van der Waals surface area contributed by atoms with Crippen LogP contribution in [0, 0.1) is 13.8 Å². The molecule has 26 heavy (non-hydrogen) atoms. The lowest BCUT2D eigenvalue weighted by atomic mass is 9.89. The van der Waals surface area contributed by atoms with Gasteiger partial charge in [0, 0.05) is 11.1 Å². The van der Waals surface area contributed by atoms with Gasteiger partial charge in [0.25, 0.3) is 0 Å². The molecule has 4 rings (SSSR count). The van der Waals surface area contributed by atoms with Gasteiger partial charge in [0.15, 0.2) is 0 Å². The number of hydrogen-bond donors (Lipinski definition) is 2. The van der Waals surface area contributed by atoms with Gasteiger partial charge in [-0.3, -0.25) is 0 Å². The van der Waals surface area contributed by atoms with Crippen molar-refractivity contribution in [3.8, 4) is 22.6 Å². The third-order valence-electron chi connectivity index (χ3n) is 5.03. The Kier molecular flexibility index (Phi) is 3.69. The first-order valence-corrected chi connectivity index (χ1v) is 8.61. The fourth-order valence-electron chi connectivity index (χ4n) is 3.66. The minimum absolute atomic E-state index is 0.204. The summed E-state index contributed by atoms with van der Waals surface area (Å²) in [6.07, 6.45) is 1.81. The fourth-order valence-corrected chi connectivity index (χ4v) is 3.66. The zero-order valence-corrected chi connectivity index (χ0v) is 14.9. The van der Waals surface area contributed by atoms with Crippen molar-refractivity contribution in [3.63, 3.8) is 0 Å². The lowest BCUT2D eigenvalue weighted by Gasteiger charge is -2.17. The van der Waals surface area contributed by atoms with Crippen molar-refractivity contribution >= 4 is 27.6 Å². The lowest BCUT2D eigenvalue weighted by Crippen LogP contribution is -1.91. The summed E-state index contributed by atoms with van der Waals surface area (Å²) >= 11 is 0. The van der Waals surface area contributed by atoms with Crippen LogP contribution in [0.2, 0.25) is 0 Å². The molecule has 0 saturated heterocycles. The van der Waals surface area contributed by atoms with E-state index < -0.39 is 0 Å². The normalized spacial score (nSPS) is 11.2. The number of rotatable bonds is 2. The summed E-state index contributed by atoms with van der Waals surface area (Å²) in [5, 5.41) is 25.7. The summed E-state index contributed by atoms with van der Waals surface area (Å²) in [7, 11) is 0. The highest BCUT2D eigenvalue weighted by Gasteiger charge is 2.19. The zero-order valence-electron chi connectivity index (χ0n) is 14.9. The molecule has 0 atom stereocenters. The molecule has 2 nitrogen and oxygen atoms in total. The molecule has 0 amide bonds. The van der Waals surface area contributed by atoms with Gasteiger partial charge in [-0.05, 0) is 70.3 Å². The van der Waals surface area contributed by atoms with Crippen LogP contribution in [0.3, 0.4) is 0 Å². The SMILES string of the molecule is C=Cc1ccc2c(-c3c(O)c(C)cc4ccccc34)c(O)c(C)cc2c1. The fraction of sp³-hybridized carbons (Fsp3) is 0.0833. The van der Waals surface area contributed by atoms with Crippen molar-refractivity contribution in [1.29, 1.82) is 0 Å². The maximum Gasteiger partial charge on any atom is 0.127 e. The molecule has 0 fully saturated rings. The Bertz CT molecular complexity index is 1190. The van der Waals surface area contributed by atoms with E-state index in [9.17, 15) is 10.2 Å². The van der Waals surface area contributed by atoms with Crippen LogP contribution in [0.4, 0.5) is 0 Å². The molecule has 0 heterocycles. The minimum atomic E-state index is 0.204. The van der Waals surface area contributed by atoms with Gasteiger partial charge >= 0.3 is 0 Å². The number of hydrogen-bond acceptors (Lipinski definition) is 2. The second-order valence-electron chi connectivity index (χ2n) is 6.74. The summed E-state index contributed by atoms with van der Waals surface area (Å²) in [6.45, 7) is 7.60. The molecular weight excluding hydrogens is 320 g/mol. The number of benzene rings is 4. The molecule has 0 aromatic heterocycles. The predicted molar refractivity (Wildman–Crippen MR) is 110 cm³/mol. The van der Waals surface area contributed by atoms with Gasteiger partial charge in [0.05, 0.1) is 0 Å². The summed E-state index contributed by atoms with van der Waals surface area (Å²) in [5.74, 6) is 0.411. The molecule has 0 aliphatic rings. The lowest BCUT2D eigenvalue weighted by molar-refractivity contribution is 0.466. The maximum absolute atomic E-state index is 10.9. The first kappa shape index (κ1) is 16.2. The van der Waals surface area contributed by atoms with Crippen molar-refractivity contribution in [1.82, 2.24) is 0 Å². The number of phenols is 2. The first-order chi connectivity index (χ1) is 12.5. The average Bonchev–Trinajstić information content (AvgIpc) is 2.64. The first-order valence-electron chi connectivity index (χ1n) is 8.61. The molecule has 0 aliphatic heterocycles. The van der Waals surface area contributed by atoms with Gasteiger partial charge in [-0.15, -0.1) is 0 Å². The van der Waals surface area contributed by atoms with E-state index >= 15 is 0 Å². The van der Waals surface area contributed by atoms with Gasteiger partial charge in [-0.2, -0.15) is 0 Å². The van der Waals surface area contributed by atoms with Crippen molar-refractivity contribution in [2.24, 2.45) is 0 Å². The van der Waals surface area contributed by atoms with E-state index in [2.05, 4.69) is 6.58 Å². The highest BCUT2D eigenvalue weighted by molar-refractivity contribution is 6.10. The smallest absolute Gasteiger partial charge is 0.127 e. The van der Waals surface area contributed by atoms with E-state index in [1.54, 1.807) is 6.08 Å². The molecule has 0 saturated carbocycles. The molecule has 128 valence electrons. The Labute approximate surface area is 152 Å². The Morgan fingerprint density at radius 1 is 0.731 bits per heavy atom. The van der Waals surface area contributed by atoms with Crippen LogP contribution < -0.4 is 0 Å². The number of aryl methyl sites for hydroxylation is 2. The third-order valence-corrected chi connectivity index (χ3v) is 5.03. The number of fused-ring (bicyclic) bond motifs is 2. The van der Waals surface area contributed by atoms with Crippen LogP contribution in [0.15, 0.2) is 61.2 Å². The summed E-state index contributed by atoms with van der Waals surface area (Å²) in [5.41, 5.74) is 3.94. The monoisotopic (exact) mass is 340 g/mol. The number of aromatic hydroxyl groups is 2. The minimum Gasteiger partial charge on any atom is -0.507 e. The van der Waals surface area contributed by atoms with Gasteiger partial charge in [-0.1, -0.05) is 49.1 Å². The molecule has 0 radical (unpaired) electrons. The van der Waals surface area contributed by atoms with Crippen molar-refractivity contribution in [3.05, 3.63) is 77.9 Å². The maximum atomic E-state index is 10.9. The summed E-state index contributed by atoms with van der Waals surface area (Å²) in [4.78, 5) is 0.